The fraction of sp³-hybridized carbons (Fsp3) is 0.500. The van der Waals surface area contributed by atoms with E-state index in [-0.39, 0.29) is 11.6 Å². The number of terminal acetylenes is 1. The second kappa shape index (κ2) is 5.89. The zero-order chi connectivity index (χ0) is 12.9. The Labute approximate surface area is 106 Å². The van der Waals surface area contributed by atoms with Gasteiger partial charge in [-0.3, -0.25) is 5.32 Å². The Morgan fingerprint density at radius 1 is 1.29 bits per heavy atom. The highest BCUT2D eigenvalue weighted by Gasteiger charge is 2.17. The van der Waals surface area contributed by atoms with Crippen molar-refractivity contribution in [1.29, 1.82) is 0 Å². The van der Waals surface area contributed by atoms with E-state index in [4.69, 9.17) is 6.42 Å². The number of benzene rings is 1. The van der Waals surface area contributed by atoms with Crippen LogP contribution < -0.4 is 5.32 Å². The smallest absolute Gasteiger partial charge is 0.0745 e. The molecule has 0 radical (unpaired) electrons. The molecule has 92 valence electrons. The Balaban J connectivity index is 2.70. The summed E-state index contributed by atoms with van der Waals surface area (Å²) >= 11 is 0. The first-order valence-electron chi connectivity index (χ1n) is 6.33. The second-order valence-corrected chi connectivity index (χ2v) is 5.13. The molecule has 0 bridgehead atoms. The van der Waals surface area contributed by atoms with E-state index in [1.165, 1.54) is 17.5 Å². The summed E-state index contributed by atoms with van der Waals surface area (Å²) in [5.74, 6) is 2.76. The topological polar surface area (TPSA) is 12.0 Å². The fourth-order valence-corrected chi connectivity index (χ4v) is 1.93. The second-order valence-electron chi connectivity index (χ2n) is 5.13. The molecule has 0 saturated heterocycles. The third-order valence-corrected chi connectivity index (χ3v) is 2.96. The van der Waals surface area contributed by atoms with Crippen molar-refractivity contribution in [3.8, 4) is 12.3 Å². The lowest BCUT2D eigenvalue weighted by molar-refractivity contribution is 0.431. The van der Waals surface area contributed by atoms with Crippen LogP contribution in [-0.2, 0) is 6.42 Å². The van der Waals surface area contributed by atoms with E-state index < -0.39 is 0 Å². The lowest BCUT2D eigenvalue weighted by Crippen LogP contribution is -2.39. The molecule has 0 fully saturated rings. The van der Waals surface area contributed by atoms with E-state index in [0.29, 0.717) is 0 Å². The standard InChI is InChI=1S/C16H23N/c1-6-8-14-9-11-15(12-10-14)13(3)17-16(4,5)7-2/h2,9-13,17H,6,8H2,1,3-5H3. The van der Waals surface area contributed by atoms with E-state index >= 15 is 0 Å². The molecule has 0 saturated carbocycles. The van der Waals surface area contributed by atoms with E-state index in [9.17, 15) is 0 Å². The molecule has 1 aromatic carbocycles. The zero-order valence-electron chi connectivity index (χ0n) is 11.4. The van der Waals surface area contributed by atoms with Gasteiger partial charge < -0.3 is 0 Å². The van der Waals surface area contributed by atoms with Gasteiger partial charge in [0.2, 0.25) is 0 Å². The summed E-state index contributed by atoms with van der Waals surface area (Å²) in [6.07, 6.45) is 7.83. The van der Waals surface area contributed by atoms with Crippen LogP contribution in [-0.4, -0.2) is 5.54 Å². The maximum absolute atomic E-state index is 5.48. The molecular formula is C16H23N. The maximum Gasteiger partial charge on any atom is 0.0745 e. The Kier molecular flexibility index (Phi) is 4.78. The van der Waals surface area contributed by atoms with E-state index in [1.807, 2.05) is 13.8 Å². The first-order valence-corrected chi connectivity index (χ1v) is 6.33. The molecule has 1 aromatic rings. The van der Waals surface area contributed by atoms with Gasteiger partial charge >= 0.3 is 0 Å². The third kappa shape index (κ3) is 4.24. The van der Waals surface area contributed by atoms with Crippen LogP contribution in [0.5, 0.6) is 0 Å². The van der Waals surface area contributed by atoms with Crippen LogP contribution in [0, 0.1) is 12.3 Å². The minimum Gasteiger partial charge on any atom is -0.295 e. The third-order valence-electron chi connectivity index (χ3n) is 2.96. The molecule has 0 amide bonds. The van der Waals surface area contributed by atoms with Crippen molar-refractivity contribution in [2.45, 2.75) is 52.1 Å². The molecule has 0 aliphatic heterocycles. The van der Waals surface area contributed by atoms with E-state index in [0.717, 1.165) is 6.42 Å². The lowest BCUT2D eigenvalue weighted by Gasteiger charge is -2.25. The summed E-state index contributed by atoms with van der Waals surface area (Å²) in [6.45, 7) is 8.39. The molecule has 0 heterocycles. The van der Waals surface area contributed by atoms with Crippen molar-refractivity contribution in [3.63, 3.8) is 0 Å². The molecule has 0 aromatic heterocycles. The van der Waals surface area contributed by atoms with Gasteiger partial charge in [-0.1, -0.05) is 43.5 Å². The summed E-state index contributed by atoms with van der Waals surface area (Å²) in [5, 5.41) is 3.44. The predicted octanol–water partition coefficient (Wildman–Crippen LogP) is 3.70. The van der Waals surface area contributed by atoms with E-state index in [1.54, 1.807) is 0 Å². The van der Waals surface area contributed by atoms with Gasteiger partial charge in [-0.25, -0.2) is 0 Å². The molecule has 1 nitrogen and oxygen atoms in total. The van der Waals surface area contributed by atoms with Crippen LogP contribution in [0.25, 0.3) is 0 Å². The average molecular weight is 229 g/mol. The summed E-state index contributed by atoms with van der Waals surface area (Å²) < 4.78 is 0. The Morgan fingerprint density at radius 3 is 2.35 bits per heavy atom. The summed E-state index contributed by atoms with van der Waals surface area (Å²) in [7, 11) is 0. The van der Waals surface area contributed by atoms with Crippen LogP contribution in [0.2, 0.25) is 0 Å². The van der Waals surface area contributed by atoms with Gasteiger partial charge in [0.15, 0.2) is 0 Å². The molecule has 17 heavy (non-hydrogen) atoms. The number of hydrogen-bond donors (Lipinski definition) is 1. The zero-order valence-corrected chi connectivity index (χ0v) is 11.4. The van der Waals surface area contributed by atoms with Gasteiger partial charge in [-0.05, 0) is 38.3 Å². The Morgan fingerprint density at radius 2 is 1.88 bits per heavy atom. The summed E-state index contributed by atoms with van der Waals surface area (Å²) in [6, 6.07) is 9.07. The van der Waals surface area contributed by atoms with Gasteiger partial charge in [0.1, 0.15) is 0 Å². The van der Waals surface area contributed by atoms with Gasteiger partial charge in [-0.15, -0.1) is 6.42 Å². The van der Waals surface area contributed by atoms with E-state index in [2.05, 4.69) is 49.4 Å². The molecule has 1 rings (SSSR count). The van der Waals surface area contributed by atoms with Crippen molar-refractivity contribution >= 4 is 0 Å². The highest BCUT2D eigenvalue weighted by atomic mass is 15.0. The molecule has 1 atom stereocenters. The van der Waals surface area contributed by atoms with Gasteiger partial charge in [0, 0.05) is 6.04 Å². The van der Waals surface area contributed by atoms with Gasteiger partial charge in [0.05, 0.1) is 5.54 Å². The predicted molar refractivity (Wildman–Crippen MR) is 74.9 cm³/mol. The number of rotatable bonds is 5. The molecule has 1 N–H and O–H groups in total. The number of hydrogen-bond acceptors (Lipinski definition) is 1. The first-order chi connectivity index (χ1) is 7.98. The average Bonchev–Trinajstić information content (AvgIpc) is 2.30. The van der Waals surface area contributed by atoms with Crippen LogP contribution in [0.15, 0.2) is 24.3 Å². The van der Waals surface area contributed by atoms with Crippen molar-refractivity contribution in [3.05, 3.63) is 35.4 Å². The number of aryl methyl sites for hydroxylation is 1. The normalized spacial score (nSPS) is 13.1. The quantitative estimate of drug-likeness (QED) is 0.759. The summed E-state index contributed by atoms with van der Waals surface area (Å²) in [4.78, 5) is 0. The maximum atomic E-state index is 5.48. The van der Waals surface area contributed by atoms with Crippen molar-refractivity contribution in [1.82, 2.24) is 5.32 Å². The van der Waals surface area contributed by atoms with Crippen LogP contribution >= 0.6 is 0 Å². The molecule has 1 unspecified atom stereocenters. The van der Waals surface area contributed by atoms with Gasteiger partial charge in [0.25, 0.3) is 0 Å². The van der Waals surface area contributed by atoms with Crippen molar-refractivity contribution < 1.29 is 0 Å². The van der Waals surface area contributed by atoms with Crippen molar-refractivity contribution in [2.24, 2.45) is 0 Å². The molecule has 0 spiro atoms. The fourth-order valence-electron chi connectivity index (χ4n) is 1.93. The van der Waals surface area contributed by atoms with Crippen LogP contribution in [0.1, 0.15) is 51.3 Å². The monoisotopic (exact) mass is 229 g/mol. The number of nitrogens with one attached hydrogen (secondary N) is 1. The molecule has 1 heteroatoms. The van der Waals surface area contributed by atoms with Gasteiger partial charge in [-0.2, -0.15) is 0 Å². The molecule has 0 aliphatic rings. The minimum absolute atomic E-state index is 0.262. The van der Waals surface area contributed by atoms with Crippen LogP contribution in [0.3, 0.4) is 0 Å². The largest absolute Gasteiger partial charge is 0.295 e. The highest BCUT2D eigenvalue weighted by molar-refractivity contribution is 5.25. The minimum atomic E-state index is -0.262. The lowest BCUT2D eigenvalue weighted by atomic mass is 10.00. The Bertz CT molecular complexity index is 381. The summed E-state index contributed by atoms with van der Waals surface area (Å²) in [5.41, 5.74) is 2.43. The van der Waals surface area contributed by atoms with Crippen LogP contribution in [0.4, 0.5) is 0 Å². The SMILES string of the molecule is C#CC(C)(C)NC(C)c1ccc(CCC)cc1. The first kappa shape index (κ1) is 13.8. The molecule has 0 aliphatic carbocycles. The van der Waals surface area contributed by atoms with Crippen molar-refractivity contribution in [2.75, 3.05) is 0 Å². The highest BCUT2D eigenvalue weighted by Crippen LogP contribution is 2.17. The Hall–Kier alpha value is -1.26. The molecular weight excluding hydrogens is 206 g/mol.